The molecule has 126 valence electrons. The summed E-state index contributed by atoms with van der Waals surface area (Å²) in [4.78, 5) is 12.4. The van der Waals surface area contributed by atoms with E-state index in [1.165, 1.54) is 6.42 Å². The summed E-state index contributed by atoms with van der Waals surface area (Å²) in [5.41, 5.74) is 0. The lowest BCUT2D eigenvalue weighted by atomic mass is 10.2. The second kappa shape index (κ2) is 6.45. The van der Waals surface area contributed by atoms with Gasteiger partial charge in [0.2, 0.25) is 11.7 Å². The Bertz CT molecular complexity index is 809. The van der Waals surface area contributed by atoms with Gasteiger partial charge < -0.3 is 4.52 Å². The van der Waals surface area contributed by atoms with E-state index in [-0.39, 0.29) is 0 Å². The maximum absolute atomic E-state index is 5.45. The Morgan fingerprint density at radius 2 is 2.25 bits per heavy atom. The molecule has 3 aromatic rings. The van der Waals surface area contributed by atoms with E-state index >= 15 is 0 Å². The molecule has 0 saturated carbocycles. The van der Waals surface area contributed by atoms with Gasteiger partial charge in [-0.3, -0.25) is 4.90 Å². The molecule has 1 unspecified atom stereocenters. The Labute approximate surface area is 144 Å². The molecule has 4 rings (SSSR count). The lowest BCUT2D eigenvalue weighted by molar-refractivity contribution is 0.191. The lowest BCUT2D eigenvalue weighted by Gasteiger charge is -2.22. The molecule has 0 spiro atoms. The van der Waals surface area contributed by atoms with Crippen LogP contribution in [0.2, 0.25) is 0 Å². The largest absolute Gasteiger partial charge is 0.338 e. The van der Waals surface area contributed by atoms with Crippen LogP contribution in [0.5, 0.6) is 0 Å². The maximum atomic E-state index is 5.45. The molecular weight excluding hydrogens is 324 g/mol. The van der Waals surface area contributed by atoms with Crippen molar-refractivity contribution < 1.29 is 4.52 Å². The molecule has 0 bridgehead atoms. The zero-order chi connectivity index (χ0) is 16.5. The molecule has 1 fully saturated rings. The number of aromatic nitrogens is 5. The Hall–Kier alpha value is -2.06. The fourth-order valence-electron chi connectivity index (χ4n) is 3.24. The zero-order valence-electron chi connectivity index (χ0n) is 13.8. The first kappa shape index (κ1) is 15.5. The highest BCUT2D eigenvalue weighted by Crippen LogP contribution is 2.24. The van der Waals surface area contributed by atoms with Gasteiger partial charge in [-0.25, -0.2) is 9.67 Å². The first-order chi connectivity index (χ1) is 11.7. The topological polar surface area (TPSA) is 72.9 Å². The molecule has 0 N–H and O–H groups in total. The van der Waals surface area contributed by atoms with E-state index in [0.717, 1.165) is 36.0 Å². The predicted molar refractivity (Wildman–Crippen MR) is 90.5 cm³/mol. The fourth-order valence-corrected chi connectivity index (χ4v) is 3.89. The monoisotopic (exact) mass is 344 g/mol. The average Bonchev–Trinajstić information content (AvgIpc) is 3.30. The van der Waals surface area contributed by atoms with Crippen molar-refractivity contribution in [2.45, 2.75) is 45.8 Å². The highest BCUT2D eigenvalue weighted by molar-refractivity contribution is 7.13. The Morgan fingerprint density at radius 1 is 1.33 bits per heavy atom. The van der Waals surface area contributed by atoms with Crippen LogP contribution in [0.4, 0.5) is 0 Å². The van der Waals surface area contributed by atoms with Crippen molar-refractivity contribution in [3.05, 3.63) is 35.1 Å². The Kier molecular flexibility index (Phi) is 4.15. The molecule has 0 aliphatic carbocycles. The second-order valence-corrected chi connectivity index (χ2v) is 7.09. The van der Waals surface area contributed by atoms with Crippen LogP contribution in [0, 0.1) is 13.8 Å². The Morgan fingerprint density at radius 3 is 3.00 bits per heavy atom. The van der Waals surface area contributed by atoms with Crippen LogP contribution in [-0.4, -0.2) is 42.4 Å². The number of likely N-dealkylation sites (tertiary alicyclic amines) is 1. The fraction of sp³-hybridized carbons (Fsp3) is 0.500. The van der Waals surface area contributed by atoms with E-state index in [2.05, 4.69) is 25.1 Å². The molecule has 8 heteroatoms. The van der Waals surface area contributed by atoms with Crippen molar-refractivity contribution in [1.29, 1.82) is 0 Å². The van der Waals surface area contributed by atoms with E-state index < -0.39 is 0 Å². The third kappa shape index (κ3) is 3.11. The third-order valence-electron chi connectivity index (χ3n) is 4.39. The molecule has 0 amide bonds. The minimum atomic E-state index is 0.432. The van der Waals surface area contributed by atoms with Crippen molar-refractivity contribution in [2.24, 2.45) is 0 Å². The van der Waals surface area contributed by atoms with Gasteiger partial charge in [0.25, 0.3) is 0 Å². The van der Waals surface area contributed by atoms with Gasteiger partial charge >= 0.3 is 0 Å². The molecule has 1 atom stereocenters. The lowest BCUT2D eigenvalue weighted by Crippen LogP contribution is -2.33. The van der Waals surface area contributed by atoms with Crippen molar-refractivity contribution in [2.75, 3.05) is 6.54 Å². The normalized spacial score (nSPS) is 18.5. The van der Waals surface area contributed by atoms with Crippen LogP contribution >= 0.6 is 11.3 Å². The van der Waals surface area contributed by atoms with Gasteiger partial charge in [0.15, 0.2) is 0 Å². The third-order valence-corrected chi connectivity index (χ3v) is 5.26. The van der Waals surface area contributed by atoms with Gasteiger partial charge in [0, 0.05) is 6.04 Å². The molecule has 4 heterocycles. The summed E-state index contributed by atoms with van der Waals surface area (Å²) in [5, 5.41) is 10.6. The van der Waals surface area contributed by atoms with E-state index in [0.29, 0.717) is 24.3 Å². The summed E-state index contributed by atoms with van der Waals surface area (Å²) in [6.07, 6.45) is 2.34. The standard InChI is InChI=1S/C16H20N6OS/c1-11-17-12(2)22(19-11)9-13-5-3-7-21(13)10-15-18-16(20-23-15)14-6-4-8-24-14/h4,6,8,13H,3,5,7,9-10H2,1-2H3. The van der Waals surface area contributed by atoms with Crippen molar-refractivity contribution >= 4 is 11.3 Å². The van der Waals surface area contributed by atoms with Gasteiger partial charge in [-0.15, -0.1) is 11.3 Å². The molecule has 1 aliphatic heterocycles. The smallest absolute Gasteiger partial charge is 0.241 e. The van der Waals surface area contributed by atoms with Gasteiger partial charge in [0.1, 0.15) is 11.6 Å². The second-order valence-electron chi connectivity index (χ2n) is 6.14. The zero-order valence-corrected chi connectivity index (χ0v) is 14.7. The molecule has 3 aromatic heterocycles. The summed E-state index contributed by atoms with van der Waals surface area (Å²) in [5.74, 6) is 3.15. The Balaban J connectivity index is 1.44. The summed E-state index contributed by atoms with van der Waals surface area (Å²) in [6, 6.07) is 4.44. The maximum Gasteiger partial charge on any atom is 0.241 e. The number of rotatable bonds is 5. The van der Waals surface area contributed by atoms with Gasteiger partial charge in [0.05, 0.1) is 18.0 Å². The number of nitrogens with zero attached hydrogens (tertiary/aromatic N) is 6. The first-order valence-electron chi connectivity index (χ1n) is 8.17. The molecule has 24 heavy (non-hydrogen) atoms. The molecule has 0 aromatic carbocycles. The van der Waals surface area contributed by atoms with E-state index in [1.807, 2.05) is 36.0 Å². The number of aryl methyl sites for hydroxylation is 2. The summed E-state index contributed by atoms with van der Waals surface area (Å²) in [7, 11) is 0. The molecule has 1 saturated heterocycles. The van der Waals surface area contributed by atoms with E-state index in [1.54, 1.807) is 11.3 Å². The summed E-state index contributed by atoms with van der Waals surface area (Å²) < 4.78 is 7.45. The quantitative estimate of drug-likeness (QED) is 0.708. The van der Waals surface area contributed by atoms with Crippen LogP contribution in [-0.2, 0) is 13.1 Å². The predicted octanol–water partition coefficient (Wildman–Crippen LogP) is 2.67. The number of hydrogen-bond acceptors (Lipinski definition) is 7. The van der Waals surface area contributed by atoms with Gasteiger partial charge in [-0.1, -0.05) is 11.2 Å². The van der Waals surface area contributed by atoms with Crippen LogP contribution in [0.1, 0.15) is 30.4 Å². The van der Waals surface area contributed by atoms with Crippen molar-refractivity contribution in [3.8, 4) is 10.7 Å². The van der Waals surface area contributed by atoms with Crippen LogP contribution in [0.15, 0.2) is 22.0 Å². The van der Waals surface area contributed by atoms with Gasteiger partial charge in [-0.2, -0.15) is 10.1 Å². The van der Waals surface area contributed by atoms with Crippen LogP contribution in [0.3, 0.4) is 0 Å². The van der Waals surface area contributed by atoms with Crippen LogP contribution in [0.25, 0.3) is 10.7 Å². The van der Waals surface area contributed by atoms with E-state index in [4.69, 9.17) is 4.52 Å². The van der Waals surface area contributed by atoms with Crippen LogP contribution < -0.4 is 0 Å². The number of thiophene rings is 1. The first-order valence-corrected chi connectivity index (χ1v) is 9.05. The summed E-state index contributed by atoms with van der Waals surface area (Å²) >= 11 is 1.62. The molecule has 7 nitrogen and oxygen atoms in total. The summed E-state index contributed by atoms with van der Waals surface area (Å²) in [6.45, 7) is 6.54. The molecular formula is C16H20N6OS. The number of hydrogen-bond donors (Lipinski definition) is 0. The molecule has 1 aliphatic rings. The van der Waals surface area contributed by atoms with Crippen molar-refractivity contribution in [3.63, 3.8) is 0 Å². The van der Waals surface area contributed by atoms with Crippen molar-refractivity contribution in [1.82, 2.24) is 29.8 Å². The van der Waals surface area contributed by atoms with E-state index in [9.17, 15) is 0 Å². The minimum Gasteiger partial charge on any atom is -0.338 e. The van der Waals surface area contributed by atoms with Gasteiger partial charge in [-0.05, 0) is 44.7 Å². The molecule has 0 radical (unpaired) electrons. The minimum absolute atomic E-state index is 0.432. The average molecular weight is 344 g/mol. The highest BCUT2D eigenvalue weighted by atomic mass is 32.1. The SMILES string of the molecule is Cc1nc(C)n(CC2CCCN2Cc2nc(-c3cccs3)no2)n1. The highest BCUT2D eigenvalue weighted by Gasteiger charge is 2.27.